The van der Waals surface area contributed by atoms with Crippen molar-refractivity contribution in [1.82, 2.24) is 0 Å². The van der Waals surface area contributed by atoms with Gasteiger partial charge in [-0.05, 0) is 273 Å². The Morgan fingerprint density at radius 2 is 0.329 bits per heavy atom. The average Bonchev–Trinajstić information content (AvgIpc) is 0.799. The molecule has 0 saturated carbocycles. The minimum absolute atomic E-state index is 0.0142. The van der Waals surface area contributed by atoms with Gasteiger partial charge in [0.15, 0.2) is 139 Å². The van der Waals surface area contributed by atoms with E-state index in [9.17, 15) is 123 Å². The maximum absolute atomic E-state index is 14.9. The predicted octanol–water partition coefficient (Wildman–Crippen LogP) is 34.9. The number of hydrogen-bond acceptors (Lipinski definition) is 4. The van der Waals surface area contributed by atoms with Crippen LogP contribution in [0.3, 0.4) is 0 Å². The monoisotopic (exact) mass is 2040 g/mol. The van der Waals surface area contributed by atoms with Gasteiger partial charge in [0.05, 0.1) is 0 Å². The van der Waals surface area contributed by atoms with Gasteiger partial charge in [-0.2, -0.15) is 0 Å². The number of ether oxygens (including phenoxy) is 4. The molecule has 0 aliphatic carbocycles. The molecule has 0 atom stereocenters. The molecule has 0 radical (unpaired) electrons. The Bertz CT molecular complexity index is 7330. The predicted molar refractivity (Wildman–Crippen MR) is 496 cm³/mol. The molecule has 32 heteroatoms. The zero-order valence-electron chi connectivity index (χ0n) is 77.2. The molecule has 16 aromatic carbocycles. The summed E-state index contributed by atoms with van der Waals surface area (Å²) in [7, 11) is 0. The maximum Gasteiger partial charge on any atom is 0.194 e. The summed E-state index contributed by atoms with van der Waals surface area (Å²) in [5.74, 6) is -34.0. The van der Waals surface area contributed by atoms with Gasteiger partial charge in [0.25, 0.3) is 0 Å². The standard InChI is InChI=1S/C30H23F7O.C29H21F7O.C28H19F7O.C27H17F7O/c1-2-3-4-5-17-10-27(35)30(28(36)11-17)38-16-18-6-8-21(23(31)12-18)19-7-9-22(24(32)13-19)20-14-25(33)29(37)26(34)15-20;1-2-3-4-16-9-26(34)29(27(35)10-16)37-15-17-5-7-20(22(30)11-17)18-6-8-21(23(31)12-18)19-13-24(32)28(36)25(33)14-19;1-2-3-15-8-25(33)28(26(34)9-15)36-14-16-4-6-19(21(29)10-16)17-5-7-20(22(30)11-17)18-12-23(31)27(35)24(32)13-18;1-2-14-7-24(32)27(25(33)8-14)35-13-15-3-5-18(20(28)9-15)16-4-6-19(21(29)10-16)17-11-22(30)26(34)23(31)12-17/h6-15H,2-5,16H2,1H3;5-14H,2-4,15H2,1H3;4-13H,2-3,14H2,1H3;3-12H,2,13H2,1H3. The van der Waals surface area contributed by atoms with Crippen LogP contribution in [-0.4, -0.2) is 0 Å². The Morgan fingerprint density at radius 1 is 0.151 bits per heavy atom. The molecule has 0 N–H and O–H groups in total. The first kappa shape index (κ1) is 108. The second kappa shape index (κ2) is 48.4. The lowest BCUT2D eigenvalue weighted by atomic mass is 9.98. The third-order valence-electron chi connectivity index (χ3n) is 23.0. The van der Waals surface area contributed by atoms with Crippen LogP contribution in [0.5, 0.6) is 23.0 Å². The van der Waals surface area contributed by atoms with Crippen molar-refractivity contribution in [1.29, 1.82) is 0 Å². The van der Waals surface area contributed by atoms with Crippen LogP contribution in [0.1, 0.15) is 111 Å². The van der Waals surface area contributed by atoms with E-state index < -0.39 is 186 Å². The lowest BCUT2D eigenvalue weighted by molar-refractivity contribution is 0.273. The van der Waals surface area contributed by atoms with Crippen molar-refractivity contribution in [3.8, 4) is 112 Å². The van der Waals surface area contributed by atoms with Crippen LogP contribution in [0.4, 0.5) is 123 Å². The van der Waals surface area contributed by atoms with Crippen molar-refractivity contribution in [3.63, 3.8) is 0 Å². The number of aryl methyl sites for hydroxylation is 4. The van der Waals surface area contributed by atoms with Crippen LogP contribution in [0, 0.1) is 163 Å². The molecule has 0 aliphatic heterocycles. The molecular formula is C114H80F28O4. The van der Waals surface area contributed by atoms with Gasteiger partial charge in [-0.1, -0.05) is 150 Å². The fourth-order valence-electron chi connectivity index (χ4n) is 15.6. The van der Waals surface area contributed by atoms with Gasteiger partial charge in [0.2, 0.25) is 0 Å². The SMILES string of the molecule is CCCCCc1cc(F)c(OCc2ccc(-c3ccc(-c4cc(F)c(F)c(F)c4)c(F)c3)c(F)c2)c(F)c1.CCCCc1cc(F)c(OCc2ccc(-c3ccc(-c4cc(F)c(F)c(F)c4)c(F)c3)c(F)c2)c(F)c1.CCCc1cc(F)c(OCc2ccc(-c3ccc(-c4cc(F)c(F)c(F)c4)c(F)c3)c(F)c2)c(F)c1.CCc1cc(F)c(OCc2ccc(-c3ccc(-c4cc(F)c(F)c(F)c4)c(F)c3)c(F)c2)c(F)c1. The van der Waals surface area contributed by atoms with Gasteiger partial charge in [0.1, 0.15) is 73.0 Å². The second-order valence-corrected chi connectivity index (χ2v) is 33.4. The number of rotatable bonds is 30. The highest BCUT2D eigenvalue weighted by atomic mass is 19.2. The first-order chi connectivity index (χ1) is 69.7. The van der Waals surface area contributed by atoms with Crippen LogP contribution in [0.2, 0.25) is 0 Å². The largest absolute Gasteiger partial charge is 0.483 e. The van der Waals surface area contributed by atoms with E-state index in [0.29, 0.717) is 96.5 Å². The fraction of sp³-hybridized carbons (Fsp3) is 0.158. The van der Waals surface area contributed by atoms with E-state index in [-0.39, 0.29) is 138 Å². The highest BCUT2D eigenvalue weighted by Gasteiger charge is 2.26. The van der Waals surface area contributed by atoms with Crippen LogP contribution < -0.4 is 18.9 Å². The summed E-state index contributed by atoms with van der Waals surface area (Å²) in [6.45, 7) is 6.39. The Labute approximate surface area is 818 Å². The average molecular weight is 2050 g/mol. The van der Waals surface area contributed by atoms with Crippen molar-refractivity contribution in [3.05, 3.63) is 450 Å². The van der Waals surface area contributed by atoms with Gasteiger partial charge < -0.3 is 18.9 Å². The first-order valence-electron chi connectivity index (χ1n) is 45.1. The molecule has 0 heterocycles. The van der Waals surface area contributed by atoms with Crippen LogP contribution in [0.15, 0.2) is 243 Å². The van der Waals surface area contributed by atoms with Gasteiger partial charge in [-0.15, -0.1) is 0 Å². The van der Waals surface area contributed by atoms with E-state index in [4.69, 9.17) is 18.9 Å². The van der Waals surface area contributed by atoms with E-state index in [1.807, 2.05) is 20.8 Å². The molecule has 0 saturated heterocycles. The summed E-state index contributed by atoms with van der Waals surface area (Å²) in [4.78, 5) is 0. The van der Waals surface area contributed by atoms with Gasteiger partial charge >= 0.3 is 0 Å². The quantitative estimate of drug-likeness (QED) is 0.0255. The van der Waals surface area contributed by atoms with E-state index >= 15 is 0 Å². The van der Waals surface area contributed by atoms with E-state index in [2.05, 4.69) is 0 Å². The van der Waals surface area contributed by atoms with Crippen molar-refractivity contribution in [2.75, 3.05) is 0 Å². The molecule has 756 valence electrons. The smallest absolute Gasteiger partial charge is 0.194 e. The lowest BCUT2D eigenvalue weighted by Crippen LogP contribution is -2.02. The summed E-state index contributed by atoms with van der Waals surface area (Å²) >= 11 is 0. The van der Waals surface area contributed by atoms with Crippen molar-refractivity contribution >= 4 is 0 Å². The summed E-state index contributed by atoms with van der Waals surface area (Å²) in [6, 6.07) is 44.5. The molecule has 146 heavy (non-hydrogen) atoms. The Balaban J connectivity index is 0.000000163. The normalized spacial score (nSPS) is 11.1. The minimum Gasteiger partial charge on any atom is -0.483 e. The maximum atomic E-state index is 14.9. The molecule has 0 unspecified atom stereocenters. The van der Waals surface area contributed by atoms with Crippen LogP contribution in [0.25, 0.3) is 89.0 Å². The number of hydrogen-bond donors (Lipinski definition) is 0. The fourth-order valence-corrected chi connectivity index (χ4v) is 15.6. The molecular weight excluding hydrogens is 1970 g/mol. The van der Waals surface area contributed by atoms with Crippen molar-refractivity contribution in [2.45, 2.75) is 118 Å². The molecule has 4 nitrogen and oxygen atoms in total. The van der Waals surface area contributed by atoms with Gasteiger partial charge in [-0.3, -0.25) is 0 Å². The molecule has 16 aromatic rings. The van der Waals surface area contributed by atoms with E-state index in [1.165, 1.54) is 133 Å². The topological polar surface area (TPSA) is 36.9 Å². The second-order valence-electron chi connectivity index (χ2n) is 33.4. The number of halogens is 28. The number of unbranched alkanes of at least 4 members (excludes halogenated alkanes) is 3. The highest BCUT2D eigenvalue weighted by molar-refractivity contribution is 5.76. The first-order valence-corrected chi connectivity index (χ1v) is 45.1. The molecule has 0 aromatic heterocycles. The molecule has 0 spiro atoms. The van der Waals surface area contributed by atoms with E-state index in [1.54, 1.807) is 6.92 Å². The van der Waals surface area contributed by atoms with E-state index in [0.717, 1.165) is 99.2 Å². The van der Waals surface area contributed by atoms with Crippen LogP contribution in [-0.2, 0) is 52.1 Å². The molecule has 0 bridgehead atoms. The molecule has 0 amide bonds. The van der Waals surface area contributed by atoms with Gasteiger partial charge in [0, 0.05) is 44.5 Å². The highest BCUT2D eigenvalue weighted by Crippen LogP contribution is 2.41. The third kappa shape index (κ3) is 26.3. The minimum atomic E-state index is -1.67. The Hall–Kier alpha value is -15.2. The third-order valence-corrected chi connectivity index (χ3v) is 23.0. The summed E-state index contributed by atoms with van der Waals surface area (Å²) < 4.78 is 414. The molecule has 16 rings (SSSR count). The molecule has 0 aliphatic rings. The zero-order valence-corrected chi connectivity index (χ0v) is 77.2. The van der Waals surface area contributed by atoms with Crippen molar-refractivity contribution in [2.24, 2.45) is 0 Å². The summed E-state index contributed by atoms with van der Waals surface area (Å²) in [5, 5.41) is 0. The zero-order chi connectivity index (χ0) is 105. The van der Waals surface area contributed by atoms with Crippen molar-refractivity contribution < 1.29 is 142 Å². The van der Waals surface area contributed by atoms with Gasteiger partial charge in [-0.25, -0.2) is 123 Å². The Morgan fingerprint density at radius 3 is 0.527 bits per heavy atom. The molecule has 0 fully saturated rings. The Kier molecular flexibility index (Phi) is 35.8. The summed E-state index contributed by atoms with van der Waals surface area (Å²) in [5.41, 5.74) is 2.08. The van der Waals surface area contributed by atoms with Crippen LogP contribution >= 0.6 is 0 Å². The number of benzene rings is 16. The summed E-state index contributed by atoms with van der Waals surface area (Å²) in [6.07, 6.45) is 7.20. The lowest BCUT2D eigenvalue weighted by Gasteiger charge is -2.12.